The minimum Gasteiger partial charge on any atom is -0.465 e. The molecule has 1 aliphatic heterocycles. The summed E-state index contributed by atoms with van der Waals surface area (Å²) in [6, 6.07) is 0. The molecule has 0 spiro atoms. The Hall–Kier alpha value is -1.79. The first kappa shape index (κ1) is 45.2. The van der Waals surface area contributed by atoms with Crippen LogP contribution in [0, 0.1) is 11.8 Å². The van der Waals surface area contributed by atoms with Crippen LogP contribution in [0.3, 0.4) is 0 Å². The first-order chi connectivity index (χ1) is 23.6. The third-order valence-corrected chi connectivity index (χ3v) is 9.96. The molecule has 49 heavy (non-hydrogen) atoms. The summed E-state index contributed by atoms with van der Waals surface area (Å²) in [6.45, 7) is 14.0. The van der Waals surface area contributed by atoms with Crippen molar-refractivity contribution in [2.45, 2.75) is 220 Å². The van der Waals surface area contributed by atoms with E-state index in [1.54, 1.807) is 4.90 Å². The zero-order chi connectivity index (χ0) is 36.2. The van der Waals surface area contributed by atoms with Gasteiger partial charge in [0.25, 0.3) is 0 Å². The molecule has 1 saturated heterocycles. The van der Waals surface area contributed by atoms with E-state index in [0.717, 1.165) is 57.8 Å². The molecule has 1 rings (SSSR count). The highest BCUT2D eigenvalue weighted by atomic mass is 16.6. The summed E-state index contributed by atoms with van der Waals surface area (Å²) in [6.07, 6.45) is 28.4. The van der Waals surface area contributed by atoms with Gasteiger partial charge in [-0.3, -0.25) is 9.59 Å². The van der Waals surface area contributed by atoms with Crippen molar-refractivity contribution in [3.63, 3.8) is 0 Å². The number of esters is 2. The lowest BCUT2D eigenvalue weighted by atomic mass is 9.96. The van der Waals surface area contributed by atoms with Crippen LogP contribution in [0.4, 0.5) is 4.79 Å². The van der Waals surface area contributed by atoms with Gasteiger partial charge in [0.2, 0.25) is 0 Å². The van der Waals surface area contributed by atoms with Gasteiger partial charge < -0.3 is 19.1 Å². The number of likely N-dealkylation sites (tertiary alicyclic amines) is 1. The van der Waals surface area contributed by atoms with Crippen LogP contribution in [-0.4, -0.2) is 54.3 Å². The number of unbranched alkanes of at least 4 members (excludes halogenated alkanes) is 15. The summed E-state index contributed by atoms with van der Waals surface area (Å²) in [7, 11) is 0. The van der Waals surface area contributed by atoms with Crippen molar-refractivity contribution < 1.29 is 28.6 Å². The van der Waals surface area contributed by atoms with Crippen molar-refractivity contribution in [2.24, 2.45) is 11.8 Å². The molecule has 2 unspecified atom stereocenters. The molecule has 7 heteroatoms. The predicted octanol–water partition coefficient (Wildman–Crippen LogP) is 12.1. The Morgan fingerprint density at radius 1 is 0.633 bits per heavy atom. The van der Waals surface area contributed by atoms with Crippen LogP contribution in [0.2, 0.25) is 0 Å². The van der Waals surface area contributed by atoms with Crippen molar-refractivity contribution >= 4 is 18.0 Å². The fourth-order valence-corrected chi connectivity index (χ4v) is 6.77. The zero-order valence-corrected chi connectivity index (χ0v) is 33.1. The molecule has 1 amide bonds. The molecule has 1 aliphatic rings. The number of amides is 1. The molecule has 0 aromatic carbocycles. The van der Waals surface area contributed by atoms with Gasteiger partial charge >= 0.3 is 18.0 Å². The van der Waals surface area contributed by atoms with Crippen molar-refractivity contribution in [1.29, 1.82) is 0 Å². The van der Waals surface area contributed by atoms with E-state index >= 15 is 0 Å². The van der Waals surface area contributed by atoms with Gasteiger partial charge in [0, 0.05) is 19.5 Å². The summed E-state index contributed by atoms with van der Waals surface area (Å²) in [5.41, 5.74) is -0.519. The summed E-state index contributed by atoms with van der Waals surface area (Å²) < 4.78 is 17.4. The van der Waals surface area contributed by atoms with Crippen LogP contribution in [-0.2, 0) is 23.8 Å². The lowest BCUT2D eigenvalue weighted by molar-refractivity contribution is -0.156. The summed E-state index contributed by atoms with van der Waals surface area (Å²) in [4.78, 5) is 39.7. The smallest absolute Gasteiger partial charge is 0.410 e. The molecule has 0 aromatic heterocycles. The highest BCUT2D eigenvalue weighted by Crippen LogP contribution is 2.24. The summed E-state index contributed by atoms with van der Waals surface area (Å²) in [5, 5.41) is 0. The molecule has 0 bridgehead atoms. The standard InChI is InChI=1S/C42H79NO6/c1-7-10-13-15-16-19-23-28-38(48-40(45)37-31-33-43(34-32-37)41(46)49-42(4,5)6)29-24-20-17-18-21-25-30-39(44)47-35-36(26-12-9-3)27-22-14-11-8-2/h36-38H,7-35H2,1-6H3. The Bertz CT molecular complexity index is 832. The molecule has 288 valence electrons. The maximum Gasteiger partial charge on any atom is 0.410 e. The van der Waals surface area contributed by atoms with Crippen LogP contribution < -0.4 is 0 Å². The number of piperidine rings is 1. The van der Waals surface area contributed by atoms with Crippen molar-refractivity contribution in [1.82, 2.24) is 4.90 Å². The minimum atomic E-state index is -0.519. The second kappa shape index (κ2) is 28.9. The monoisotopic (exact) mass is 694 g/mol. The average molecular weight is 694 g/mol. The molecule has 1 fully saturated rings. The van der Waals surface area contributed by atoms with Crippen LogP contribution in [0.1, 0.15) is 208 Å². The van der Waals surface area contributed by atoms with Gasteiger partial charge in [-0.2, -0.15) is 0 Å². The number of nitrogens with zero attached hydrogens (tertiary/aromatic N) is 1. The highest BCUT2D eigenvalue weighted by Gasteiger charge is 2.31. The molecule has 1 heterocycles. The van der Waals surface area contributed by atoms with Crippen LogP contribution in [0.15, 0.2) is 0 Å². The van der Waals surface area contributed by atoms with Crippen LogP contribution in [0.25, 0.3) is 0 Å². The van der Waals surface area contributed by atoms with E-state index in [1.807, 2.05) is 20.8 Å². The number of rotatable bonds is 29. The van der Waals surface area contributed by atoms with E-state index in [0.29, 0.717) is 44.9 Å². The second-order valence-electron chi connectivity index (χ2n) is 15.9. The number of carbonyl (C=O) groups excluding carboxylic acids is 3. The SMILES string of the molecule is CCCCCCCCCC(CCCCCCCCC(=O)OCC(CCCC)CCCCCC)OC(=O)C1CCN(C(=O)OC(C)(C)C)CC1. The average Bonchev–Trinajstić information content (AvgIpc) is 3.07. The lowest BCUT2D eigenvalue weighted by Gasteiger charge is -2.33. The number of ether oxygens (including phenoxy) is 3. The number of hydrogen-bond donors (Lipinski definition) is 0. The lowest BCUT2D eigenvalue weighted by Crippen LogP contribution is -2.43. The van der Waals surface area contributed by atoms with Crippen molar-refractivity contribution in [2.75, 3.05) is 19.7 Å². The van der Waals surface area contributed by atoms with Crippen molar-refractivity contribution in [3.8, 4) is 0 Å². The van der Waals surface area contributed by atoms with Gasteiger partial charge in [0.05, 0.1) is 12.5 Å². The Morgan fingerprint density at radius 3 is 1.65 bits per heavy atom. The van der Waals surface area contributed by atoms with Gasteiger partial charge in [-0.05, 0) is 84.5 Å². The van der Waals surface area contributed by atoms with E-state index in [4.69, 9.17) is 14.2 Å². The maximum atomic E-state index is 13.2. The van der Waals surface area contributed by atoms with Gasteiger partial charge in [-0.15, -0.1) is 0 Å². The molecule has 0 saturated carbocycles. The molecule has 0 aliphatic carbocycles. The molecule has 0 aromatic rings. The quantitative estimate of drug-likeness (QED) is 0.0440. The molecular formula is C42H79NO6. The normalized spacial score (nSPS) is 15.2. The molecule has 0 N–H and O–H groups in total. The topological polar surface area (TPSA) is 82.1 Å². The Balaban J connectivity index is 2.36. The molecule has 7 nitrogen and oxygen atoms in total. The first-order valence-corrected chi connectivity index (χ1v) is 20.9. The summed E-state index contributed by atoms with van der Waals surface area (Å²) >= 11 is 0. The van der Waals surface area contributed by atoms with Gasteiger partial charge in [-0.25, -0.2) is 4.79 Å². The third-order valence-electron chi connectivity index (χ3n) is 9.96. The zero-order valence-electron chi connectivity index (χ0n) is 33.1. The van der Waals surface area contributed by atoms with E-state index in [2.05, 4.69) is 20.8 Å². The number of hydrogen-bond acceptors (Lipinski definition) is 6. The minimum absolute atomic E-state index is 0.0189. The van der Waals surface area contributed by atoms with Crippen LogP contribution in [0.5, 0.6) is 0 Å². The van der Waals surface area contributed by atoms with Crippen molar-refractivity contribution in [3.05, 3.63) is 0 Å². The third kappa shape index (κ3) is 24.9. The van der Waals surface area contributed by atoms with Gasteiger partial charge in [-0.1, -0.05) is 124 Å². The Kier molecular flexibility index (Phi) is 26.6. The van der Waals surface area contributed by atoms with Gasteiger partial charge in [0.1, 0.15) is 11.7 Å². The summed E-state index contributed by atoms with van der Waals surface area (Å²) in [5.74, 6) is 0.263. The molecule has 2 atom stereocenters. The molecule has 0 radical (unpaired) electrons. The van der Waals surface area contributed by atoms with E-state index < -0.39 is 5.60 Å². The Morgan fingerprint density at radius 2 is 1.10 bits per heavy atom. The number of carbonyl (C=O) groups is 3. The van der Waals surface area contributed by atoms with Crippen LogP contribution >= 0.6 is 0 Å². The van der Waals surface area contributed by atoms with E-state index in [1.165, 1.54) is 89.9 Å². The fraction of sp³-hybridized carbons (Fsp3) is 0.929. The fourth-order valence-electron chi connectivity index (χ4n) is 6.77. The Labute approximate surface area is 302 Å². The first-order valence-electron chi connectivity index (χ1n) is 20.9. The second-order valence-corrected chi connectivity index (χ2v) is 15.9. The molecular weight excluding hydrogens is 614 g/mol. The largest absolute Gasteiger partial charge is 0.465 e. The van der Waals surface area contributed by atoms with E-state index in [-0.39, 0.29) is 30.1 Å². The van der Waals surface area contributed by atoms with E-state index in [9.17, 15) is 14.4 Å². The highest BCUT2D eigenvalue weighted by molar-refractivity contribution is 5.74. The maximum absolute atomic E-state index is 13.2. The van der Waals surface area contributed by atoms with Gasteiger partial charge in [0.15, 0.2) is 0 Å². The predicted molar refractivity (Wildman–Crippen MR) is 203 cm³/mol.